The molecule has 5 heteroatoms. The van der Waals surface area contributed by atoms with Gasteiger partial charge in [-0.25, -0.2) is 8.93 Å². The molecule has 0 radical (unpaired) electrons. The van der Waals surface area contributed by atoms with Gasteiger partial charge in [0.25, 0.3) is 0 Å². The van der Waals surface area contributed by atoms with Gasteiger partial charge in [0.05, 0.1) is 21.8 Å². The van der Waals surface area contributed by atoms with Crippen LogP contribution in [0.4, 0.5) is 0 Å². The van der Waals surface area contributed by atoms with Crippen molar-refractivity contribution >= 4 is 22.6 Å². The molecule has 0 aliphatic heterocycles. The molecule has 0 heterocycles. The van der Waals surface area contributed by atoms with Crippen LogP contribution in [0.3, 0.4) is 0 Å². The molecule has 0 fully saturated rings. The molecule has 112 valence electrons. The van der Waals surface area contributed by atoms with Crippen LogP contribution in [0.2, 0.25) is 5.02 Å². The Labute approximate surface area is 129 Å². The lowest BCUT2D eigenvalue weighted by Crippen LogP contribution is -2.42. The monoisotopic (exact) mass is 315 g/mol. The molecule has 0 bridgehead atoms. The summed E-state index contributed by atoms with van der Waals surface area (Å²) in [5.74, 6) is 0. The van der Waals surface area contributed by atoms with Gasteiger partial charge in [-0.3, -0.25) is 0 Å². The lowest BCUT2D eigenvalue weighted by molar-refractivity contribution is 0.0886. The van der Waals surface area contributed by atoms with E-state index in [9.17, 15) is 4.21 Å². The van der Waals surface area contributed by atoms with Gasteiger partial charge in [0, 0.05) is 12.1 Å². The van der Waals surface area contributed by atoms with E-state index in [1.54, 1.807) is 19.3 Å². The molecular formula is C15H22ClNO2S. The van der Waals surface area contributed by atoms with Gasteiger partial charge in [0.2, 0.25) is 0 Å². The second-order valence-corrected chi connectivity index (χ2v) is 7.91. The summed E-state index contributed by atoms with van der Waals surface area (Å²) in [6.45, 7) is 9.55. The zero-order valence-electron chi connectivity index (χ0n) is 12.4. The third-order valence-electron chi connectivity index (χ3n) is 2.81. The zero-order chi connectivity index (χ0) is 15.3. The van der Waals surface area contributed by atoms with Crippen LogP contribution in [0.25, 0.3) is 0 Å². The second-order valence-electron chi connectivity index (χ2n) is 5.47. The molecule has 1 aromatic carbocycles. The Kier molecular flexibility index (Phi) is 6.40. The van der Waals surface area contributed by atoms with Crippen molar-refractivity contribution in [2.45, 2.75) is 37.7 Å². The van der Waals surface area contributed by atoms with Crippen LogP contribution >= 0.6 is 11.6 Å². The number of nitrogens with one attached hydrogen (secondary N) is 1. The van der Waals surface area contributed by atoms with Crippen molar-refractivity contribution in [3.8, 4) is 0 Å². The normalized spacial score (nSPS) is 16.4. The van der Waals surface area contributed by atoms with Crippen LogP contribution in [0.15, 0.2) is 36.9 Å². The molecule has 1 unspecified atom stereocenters. The predicted octanol–water partition coefficient (Wildman–Crippen LogP) is 3.63. The Morgan fingerprint density at radius 2 is 2.10 bits per heavy atom. The summed E-state index contributed by atoms with van der Waals surface area (Å²) in [6.07, 6.45) is 1.41. The largest absolute Gasteiger partial charge is 0.375 e. The van der Waals surface area contributed by atoms with Gasteiger partial charge in [-0.2, -0.15) is 0 Å². The van der Waals surface area contributed by atoms with E-state index in [0.717, 1.165) is 5.56 Å². The molecule has 0 saturated heterocycles. The average Bonchev–Trinajstić information content (AvgIpc) is 2.37. The number of rotatable bonds is 6. The number of hydrogen-bond acceptors (Lipinski definition) is 2. The minimum atomic E-state index is -1.20. The van der Waals surface area contributed by atoms with Crippen LogP contribution in [-0.4, -0.2) is 22.1 Å². The van der Waals surface area contributed by atoms with E-state index in [2.05, 4.69) is 11.3 Å². The van der Waals surface area contributed by atoms with E-state index < -0.39 is 11.0 Å². The fourth-order valence-electron chi connectivity index (χ4n) is 1.71. The van der Waals surface area contributed by atoms with Crippen LogP contribution in [-0.2, 0) is 15.7 Å². The maximum atomic E-state index is 12.2. The quantitative estimate of drug-likeness (QED) is 0.814. The number of methoxy groups -OCH3 is 1. The molecule has 1 rings (SSSR count). The molecule has 0 amide bonds. The number of ether oxygens (including phenoxy) is 1. The summed E-state index contributed by atoms with van der Waals surface area (Å²) in [7, 11) is 0.412. The highest BCUT2D eigenvalue weighted by Crippen LogP contribution is 2.25. The fraction of sp³-hybridized carbons (Fsp3) is 0.467. The third-order valence-corrected chi connectivity index (χ3v) is 4.64. The highest BCUT2D eigenvalue weighted by Gasteiger charge is 2.27. The Balaban J connectivity index is 2.96. The second kappa shape index (κ2) is 7.36. The lowest BCUT2D eigenvalue weighted by atomic mass is 10.0. The summed E-state index contributed by atoms with van der Waals surface area (Å²) in [6, 6.07) is 7.18. The maximum Gasteiger partial charge on any atom is 0.102 e. The minimum absolute atomic E-state index is 0.265. The highest BCUT2D eigenvalue weighted by molar-refractivity contribution is 7.84. The van der Waals surface area contributed by atoms with Gasteiger partial charge in [-0.1, -0.05) is 29.8 Å². The van der Waals surface area contributed by atoms with E-state index in [1.807, 2.05) is 39.0 Å². The molecule has 1 aromatic rings. The van der Waals surface area contributed by atoms with Crippen molar-refractivity contribution in [1.29, 1.82) is 0 Å². The van der Waals surface area contributed by atoms with E-state index >= 15 is 0 Å². The zero-order valence-corrected chi connectivity index (χ0v) is 13.9. The number of hydrogen-bond donors (Lipinski definition) is 1. The van der Waals surface area contributed by atoms with Gasteiger partial charge in [0.1, 0.15) is 6.10 Å². The van der Waals surface area contributed by atoms with Crippen LogP contribution in [0.1, 0.15) is 32.4 Å². The number of halogens is 1. The minimum Gasteiger partial charge on any atom is -0.375 e. The standard InChI is InChI=1S/C15H22ClNO2S/c1-6-13(17-20(18)15(2,3)4)14(19-5)11-8-7-9-12(16)10-11/h6-10,13-14,17H,1H2,2-5H3/t13-,14-,20?/m1/s1. The van der Waals surface area contributed by atoms with Gasteiger partial charge in [-0.15, -0.1) is 6.58 Å². The Bertz CT molecular complexity index is 485. The molecule has 0 aliphatic rings. The van der Waals surface area contributed by atoms with Gasteiger partial charge < -0.3 is 4.74 Å². The van der Waals surface area contributed by atoms with E-state index in [1.165, 1.54) is 0 Å². The first-order chi connectivity index (χ1) is 9.29. The maximum absolute atomic E-state index is 12.2. The summed E-state index contributed by atoms with van der Waals surface area (Å²) in [5.41, 5.74) is 0.920. The van der Waals surface area contributed by atoms with Gasteiger partial charge in [-0.05, 0) is 38.5 Å². The van der Waals surface area contributed by atoms with Crippen molar-refractivity contribution < 1.29 is 8.95 Å². The third kappa shape index (κ3) is 4.70. The van der Waals surface area contributed by atoms with Crippen molar-refractivity contribution in [3.05, 3.63) is 47.5 Å². The molecule has 1 N–H and O–H groups in total. The topological polar surface area (TPSA) is 38.3 Å². The van der Waals surface area contributed by atoms with Gasteiger partial charge in [0.15, 0.2) is 0 Å². The molecule has 3 nitrogen and oxygen atoms in total. The average molecular weight is 316 g/mol. The summed E-state index contributed by atoms with van der Waals surface area (Å²) in [5, 5.41) is 0.643. The molecular weight excluding hydrogens is 294 g/mol. The van der Waals surface area contributed by atoms with Crippen LogP contribution < -0.4 is 4.72 Å². The molecule has 20 heavy (non-hydrogen) atoms. The van der Waals surface area contributed by atoms with E-state index in [0.29, 0.717) is 5.02 Å². The summed E-state index contributed by atoms with van der Waals surface area (Å²) >= 11 is 6.01. The van der Waals surface area contributed by atoms with Crippen molar-refractivity contribution in [2.75, 3.05) is 7.11 Å². The van der Waals surface area contributed by atoms with Crippen molar-refractivity contribution in [3.63, 3.8) is 0 Å². The Morgan fingerprint density at radius 1 is 1.45 bits per heavy atom. The van der Waals surface area contributed by atoms with E-state index in [-0.39, 0.29) is 16.9 Å². The fourth-order valence-corrected chi connectivity index (χ4v) is 2.73. The molecule has 0 saturated carbocycles. The SMILES string of the molecule is C=C[C@@H](NS(=O)C(C)(C)C)[C@H](OC)c1cccc(Cl)c1. The summed E-state index contributed by atoms with van der Waals surface area (Å²) in [4.78, 5) is 0. The van der Waals surface area contributed by atoms with Crippen LogP contribution in [0.5, 0.6) is 0 Å². The Hall–Kier alpha value is -0.680. The smallest absolute Gasteiger partial charge is 0.102 e. The van der Waals surface area contributed by atoms with Crippen LogP contribution in [0, 0.1) is 0 Å². The molecule has 0 spiro atoms. The predicted molar refractivity (Wildman–Crippen MR) is 86.2 cm³/mol. The molecule has 0 aliphatic carbocycles. The first kappa shape index (κ1) is 17.4. The van der Waals surface area contributed by atoms with E-state index in [4.69, 9.17) is 16.3 Å². The lowest BCUT2D eigenvalue weighted by Gasteiger charge is -2.28. The molecule has 3 atom stereocenters. The van der Waals surface area contributed by atoms with Crippen molar-refractivity contribution in [2.24, 2.45) is 0 Å². The molecule has 0 aromatic heterocycles. The highest BCUT2D eigenvalue weighted by atomic mass is 35.5. The first-order valence-corrected chi connectivity index (χ1v) is 7.91. The summed E-state index contributed by atoms with van der Waals surface area (Å²) < 4.78 is 20.5. The van der Waals surface area contributed by atoms with Gasteiger partial charge >= 0.3 is 0 Å². The Morgan fingerprint density at radius 3 is 2.55 bits per heavy atom. The number of benzene rings is 1. The van der Waals surface area contributed by atoms with Crippen molar-refractivity contribution in [1.82, 2.24) is 4.72 Å². The first-order valence-electron chi connectivity index (χ1n) is 6.38.